The Bertz CT molecular complexity index is 423. The van der Waals surface area contributed by atoms with Crippen molar-refractivity contribution < 1.29 is 14.3 Å². The molecule has 1 unspecified atom stereocenters. The summed E-state index contributed by atoms with van der Waals surface area (Å²) in [5.74, 6) is 1.45. The average Bonchev–Trinajstić information content (AvgIpc) is 2.45. The number of fused-ring (bicyclic) bond motifs is 1. The molecule has 0 saturated carbocycles. The van der Waals surface area contributed by atoms with Crippen molar-refractivity contribution in [2.24, 2.45) is 5.41 Å². The number of methoxy groups -OCH3 is 1. The van der Waals surface area contributed by atoms with Crippen LogP contribution in [-0.4, -0.2) is 20.0 Å². The molecule has 0 amide bonds. The molecule has 1 heterocycles. The fourth-order valence-electron chi connectivity index (χ4n) is 2.23. The Morgan fingerprint density at radius 3 is 2.88 bits per heavy atom. The molecule has 1 aromatic carbocycles. The maximum absolute atomic E-state index is 11.3. The third kappa shape index (κ3) is 2.43. The minimum absolute atomic E-state index is 0.0117. The number of hydrogen-bond acceptors (Lipinski definition) is 3. The topological polar surface area (TPSA) is 35.5 Å². The van der Waals surface area contributed by atoms with Crippen LogP contribution in [-0.2, 0) is 4.79 Å². The molecule has 2 rings (SSSR count). The Labute approximate surface area is 102 Å². The van der Waals surface area contributed by atoms with Crippen molar-refractivity contribution in [2.45, 2.75) is 26.2 Å². The van der Waals surface area contributed by atoms with Crippen LogP contribution in [0.15, 0.2) is 18.2 Å². The molecule has 0 saturated heterocycles. The molecule has 0 N–H and O–H groups in total. The van der Waals surface area contributed by atoms with Crippen LogP contribution in [0.1, 0.15) is 31.7 Å². The van der Waals surface area contributed by atoms with Crippen LogP contribution in [0, 0.1) is 5.41 Å². The van der Waals surface area contributed by atoms with Crippen LogP contribution in [0.2, 0.25) is 0 Å². The van der Waals surface area contributed by atoms with Gasteiger partial charge in [0.25, 0.3) is 0 Å². The highest BCUT2D eigenvalue weighted by atomic mass is 16.5. The summed E-state index contributed by atoms with van der Waals surface area (Å²) >= 11 is 0. The first kappa shape index (κ1) is 12.0. The van der Waals surface area contributed by atoms with E-state index in [1.807, 2.05) is 18.2 Å². The smallest absolute Gasteiger partial charge is 0.127 e. The predicted octanol–water partition coefficient (Wildman–Crippen LogP) is 2.79. The Balaban J connectivity index is 2.44. The van der Waals surface area contributed by atoms with Crippen molar-refractivity contribution in [3.8, 4) is 11.5 Å². The predicted molar refractivity (Wildman–Crippen MR) is 65.7 cm³/mol. The van der Waals surface area contributed by atoms with Gasteiger partial charge in [0.1, 0.15) is 17.8 Å². The fraction of sp³-hybridized carbons (Fsp3) is 0.500. The monoisotopic (exact) mass is 234 g/mol. The molecular formula is C14H18O3. The van der Waals surface area contributed by atoms with Gasteiger partial charge in [-0.3, -0.25) is 0 Å². The summed E-state index contributed by atoms with van der Waals surface area (Å²) in [7, 11) is 1.62. The molecule has 3 nitrogen and oxygen atoms in total. The summed E-state index contributed by atoms with van der Waals surface area (Å²) in [6.45, 7) is 4.87. The summed E-state index contributed by atoms with van der Waals surface area (Å²) < 4.78 is 11.0. The minimum atomic E-state index is -0.113. The van der Waals surface area contributed by atoms with E-state index in [2.05, 4.69) is 13.8 Å². The number of benzene rings is 1. The molecule has 3 heteroatoms. The van der Waals surface area contributed by atoms with Gasteiger partial charge in [-0.1, -0.05) is 13.8 Å². The van der Waals surface area contributed by atoms with Gasteiger partial charge >= 0.3 is 0 Å². The van der Waals surface area contributed by atoms with Crippen LogP contribution in [0.3, 0.4) is 0 Å². The Kier molecular flexibility index (Phi) is 3.09. The minimum Gasteiger partial charge on any atom is -0.497 e. The van der Waals surface area contributed by atoms with Gasteiger partial charge in [-0.15, -0.1) is 0 Å². The summed E-state index contributed by atoms with van der Waals surface area (Å²) in [5, 5.41) is 0. The maximum Gasteiger partial charge on any atom is 0.127 e. The van der Waals surface area contributed by atoms with Gasteiger partial charge in [0.15, 0.2) is 0 Å². The third-order valence-electron chi connectivity index (χ3n) is 3.17. The number of ether oxygens (including phenoxy) is 2. The molecule has 0 radical (unpaired) electrons. The first-order valence-corrected chi connectivity index (χ1v) is 5.82. The Morgan fingerprint density at radius 1 is 1.47 bits per heavy atom. The first-order chi connectivity index (χ1) is 8.05. The number of carbonyl (C=O) groups excluding carboxylic acids is 1. The summed E-state index contributed by atoms with van der Waals surface area (Å²) in [6.07, 6.45) is 1.81. The van der Waals surface area contributed by atoms with E-state index >= 15 is 0 Å². The standard InChI is InChI=1S/C14H18O3/c1-14(2)7-10(8-15)12-6-11(16-3)4-5-13(12)17-9-14/h4-6,8,10H,7,9H2,1-3H3. The zero-order valence-electron chi connectivity index (χ0n) is 10.5. The van der Waals surface area contributed by atoms with Crippen molar-refractivity contribution >= 4 is 6.29 Å². The molecule has 1 aromatic rings. The number of hydrogen-bond donors (Lipinski definition) is 0. The fourth-order valence-corrected chi connectivity index (χ4v) is 2.23. The molecule has 1 aliphatic rings. The number of rotatable bonds is 2. The zero-order chi connectivity index (χ0) is 12.5. The highest BCUT2D eigenvalue weighted by Crippen LogP contribution is 2.40. The zero-order valence-corrected chi connectivity index (χ0v) is 10.5. The summed E-state index contributed by atoms with van der Waals surface area (Å²) in [4.78, 5) is 11.3. The molecular weight excluding hydrogens is 216 g/mol. The number of carbonyl (C=O) groups is 1. The Morgan fingerprint density at radius 2 is 2.24 bits per heavy atom. The van der Waals surface area contributed by atoms with E-state index in [0.29, 0.717) is 6.61 Å². The molecule has 1 atom stereocenters. The van der Waals surface area contributed by atoms with Gasteiger partial charge in [-0.2, -0.15) is 0 Å². The van der Waals surface area contributed by atoms with E-state index in [1.165, 1.54) is 0 Å². The maximum atomic E-state index is 11.3. The van der Waals surface area contributed by atoms with Crippen LogP contribution in [0.5, 0.6) is 11.5 Å². The molecule has 92 valence electrons. The summed E-state index contributed by atoms with van der Waals surface area (Å²) in [6, 6.07) is 5.64. The number of aldehydes is 1. The van der Waals surface area contributed by atoms with Crippen molar-refractivity contribution in [3.05, 3.63) is 23.8 Å². The van der Waals surface area contributed by atoms with E-state index in [4.69, 9.17) is 9.47 Å². The molecule has 0 aliphatic carbocycles. The molecule has 1 aliphatic heterocycles. The second kappa shape index (κ2) is 4.40. The molecule has 17 heavy (non-hydrogen) atoms. The van der Waals surface area contributed by atoms with Gasteiger partial charge in [0.2, 0.25) is 0 Å². The SMILES string of the molecule is COc1ccc2c(c1)C(C=O)CC(C)(C)CO2. The second-order valence-corrected chi connectivity index (χ2v) is 5.30. The van der Waals surface area contributed by atoms with E-state index in [0.717, 1.165) is 29.8 Å². The highest BCUT2D eigenvalue weighted by molar-refractivity contribution is 5.65. The van der Waals surface area contributed by atoms with Crippen molar-refractivity contribution in [3.63, 3.8) is 0 Å². The first-order valence-electron chi connectivity index (χ1n) is 5.82. The largest absolute Gasteiger partial charge is 0.497 e. The van der Waals surface area contributed by atoms with Gasteiger partial charge in [0.05, 0.1) is 13.7 Å². The van der Waals surface area contributed by atoms with Crippen LogP contribution in [0.25, 0.3) is 0 Å². The lowest BCUT2D eigenvalue weighted by molar-refractivity contribution is -0.109. The quantitative estimate of drug-likeness (QED) is 0.738. The third-order valence-corrected chi connectivity index (χ3v) is 3.17. The lowest BCUT2D eigenvalue weighted by Crippen LogP contribution is -2.21. The summed E-state index contributed by atoms with van der Waals surface area (Å²) in [5.41, 5.74) is 0.947. The van der Waals surface area contributed by atoms with Crippen molar-refractivity contribution in [1.29, 1.82) is 0 Å². The lowest BCUT2D eigenvalue weighted by Gasteiger charge is -2.22. The van der Waals surface area contributed by atoms with Crippen LogP contribution >= 0.6 is 0 Å². The van der Waals surface area contributed by atoms with Gasteiger partial charge in [0, 0.05) is 11.5 Å². The molecule has 0 fully saturated rings. The van der Waals surface area contributed by atoms with Crippen molar-refractivity contribution in [1.82, 2.24) is 0 Å². The van der Waals surface area contributed by atoms with Crippen LogP contribution < -0.4 is 9.47 Å². The van der Waals surface area contributed by atoms with Crippen LogP contribution in [0.4, 0.5) is 0 Å². The van der Waals surface area contributed by atoms with E-state index < -0.39 is 0 Å². The molecule has 0 aromatic heterocycles. The second-order valence-electron chi connectivity index (χ2n) is 5.30. The average molecular weight is 234 g/mol. The Hall–Kier alpha value is -1.51. The molecule has 0 spiro atoms. The normalized spacial score (nSPS) is 21.9. The van der Waals surface area contributed by atoms with Gasteiger partial charge in [-0.25, -0.2) is 0 Å². The van der Waals surface area contributed by atoms with Gasteiger partial charge in [-0.05, 0) is 30.0 Å². The lowest BCUT2D eigenvalue weighted by atomic mass is 9.82. The van der Waals surface area contributed by atoms with E-state index in [9.17, 15) is 4.79 Å². The van der Waals surface area contributed by atoms with E-state index in [-0.39, 0.29) is 11.3 Å². The van der Waals surface area contributed by atoms with E-state index in [1.54, 1.807) is 7.11 Å². The van der Waals surface area contributed by atoms with Gasteiger partial charge < -0.3 is 14.3 Å². The highest BCUT2D eigenvalue weighted by Gasteiger charge is 2.30. The molecule has 0 bridgehead atoms. The van der Waals surface area contributed by atoms with Crippen molar-refractivity contribution in [2.75, 3.05) is 13.7 Å².